The van der Waals surface area contributed by atoms with E-state index >= 15 is 0 Å². The molecule has 26 heavy (non-hydrogen) atoms. The van der Waals surface area contributed by atoms with E-state index in [2.05, 4.69) is 12.4 Å². The van der Waals surface area contributed by atoms with E-state index in [9.17, 15) is 9.18 Å². The van der Waals surface area contributed by atoms with E-state index in [1.165, 1.54) is 12.1 Å². The summed E-state index contributed by atoms with van der Waals surface area (Å²) >= 11 is 0. The van der Waals surface area contributed by atoms with Crippen LogP contribution in [0.15, 0.2) is 24.3 Å². The molecule has 6 heteroatoms. The molecule has 1 saturated heterocycles. The Morgan fingerprint density at radius 3 is 2.73 bits per heavy atom. The van der Waals surface area contributed by atoms with Gasteiger partial charge in [0, 0.05) is 26.1 Å². The fraction of sp³-hybridized carbons (Fsp3) is 0.650. The van der Waals surface area contributed by atoms with E-state index in [0.29, 0.717) is 13.0 Å². The summed E-state index contributed by atoms with van der Waals surface area (Å²) in [6.45, 7) is 2.76. The van der Waals surface area contributed by atoms with Crippen molar-refractivity contribution in [1.82, 2.24) is 5.48 Å². The summed E-state index contributed by atoms with van der Waals surface area (Å²) in [4.78, 5) is 18.1. The van der Waals surface area contributed by atoms with Crippen LogP contribution >= 0.6 is 0 Å². The predicted molar refractivity (Wildman–Crippen MR) is 96.6 cm³/mol. The van der Waals surface area contributed by atoms with Gasteiger partial charge in [0.2, 0.25) is 5.91 Å². The number of methoxy groups -OCH3 is 1. The number of amides is 1. The number of nitrogens with one attached hydrogen (secondary N) is 1. The molecule has 1 aromatic rings. The number of ether oxygens (including phenoxy) is 2. The maximum Gasteiger partial charge on any atom is 0.246 e. The first-order valence-corrected chi connectivity index (χ1v) is 9.49. The van der Waals surface area contributed by atoms with E-state index in [1.807, 2.05) is 0 Å². The van der Waals surface area contributed by atoms with E-state index in [1.54, 1.807) is 19.2 Å². The highest BCUT2D eigenvalue weighted by Gasteiger charge is 2.25. The highest BCUT2D eigenvalue weighted by molar-refractivity contribution is 5.77. The highest BCUT2D eigenvalue weighted by Crippen LogP contribution is 2.28. The molecule has 1 aliphatic rings. The van der Waals surface area contributed by atoms with Crippen molar-refractivity contribution in [3.8, 4) is 0 Å². The third-order valence-electron chi connectivity index (χ3n) is 4.73. The molecule has 1 aliphatic heterocycles. The van der Waals surface area contributed by atoms with Gasteiger partial charge in [0.05, 0.1) is 6.10 Å². The number of rotatable bonds is 10. The second-order valence-electron chi connectivity index (χ2n) is 6.73. The lowest BCUT2D eigenvalue weighted by atomic mass is 9.92. The fourth-order valence-corrected chi connectivity index (χ4v) is 3.12. The van der Waals surface area contributed by atoms with Crippen molar-refractivity contribution >= 4 is 5.91 Å². The van der Waals surface area contributed by atoms with Crippen LogP contribution in [0.1, 0.15) is 63.5 Å². The first-order valence-electron chi connectivity index (χ1n) is 9.49. The topological polar surface area (TPSA) is 56.8 Å². The molecular formula is C20H30FNO4. The van der Waals surface area contributed by atoms with Gasteiger partial charge in [-0.05, 0) is 43.4 Å². The van der Waals surface area contributed by atoms with Gasteiger partial charge in [0.15, 0.2) is 6.29 Å². The van der Waals surface area contributed by atoms with Crippen LogP contribution in [0.2, 0.25) is 0 Å². The molecule has 0 saturated carbocycles. The molecule has 0 bridgehead atoms. The maximum absolute atomic E-state index is 13.2. The van der Waals surface area contributed by atoms with Crippen molar-refractivity contribution in [2.75, 3.05) is 13.7 Å². The van der Waals surface area contributed by atoms with Crippen LogP contribution in [0, 0.1) is 11.7 Å². The summed E-state index contributed by atoms with van der Waals surface area (Å²) in [6, 6.07) is 6.22. The minimum atomic E-state index is -0.366. The molecule has 1 N–H and O–H groups in total. The molecule has 0 radical (unpaired) electrons. The average Bonchev–Trinajstić information content (AvgIpc) is 2.68. The largest absolute Gasteiger partial charge is 0.377 e. The van der Waals surface area contributed by atoms with Gasteiger partial charge in [-0.2, -0.15) is 0 Å². The van der Waals surface area contributed by atoms with E-state index in [-0.39, 0.29) is 30.0 Å². The number of hydrogen-bond acceptors (Lipinski definition) is 4. The van der Waals surface area contributed by atoms with Crippen molar-refractivity contribution in [3.63, 3.8) is 0 Å². The molecule has 0 spiro atoms. The zero-order valence-electron chi connectivity index (χ0n) is 15.7. The van der Waals surface area contributed by atoms with Gasteiger partial charge in [-0.15, -0.1) is 0 Å². The molecule has 1 fully saturated rings. The Labute approximate surface area is 155 Å². The standard InChI is InChI=1S/C20H30FNO4/c1-3-4-7-16(20(23)22-26-19-8-5-6-13-25-19)14-18(24-2)15-9-11-17(21)12-10-15/h9-12,16,18-19H,3-8,13-14H2,1-2H3,(H,22,23)/t16-,18?,19?/m0/s1. The number of benzene rings is 1. The summed E-state index contributed by atoms with van der Waals surface area (Å²) in [6.07, 6.45) is 5.43. The van der Waals surface area contributed by atoms with Gasteiger partial charge in [-0.3, -0.25) is 4.79 Å². The van der Waals surface area contributed by atoms with Crippen molar-refractivity contribution in [1.29, 1.82) is 0 Å². The molecule has 0 aromatic heterocycles. The monoisotopic (exact) mass is 367 g/mol. The second-order valence-corrected chi connectivity index (χ2v) is 6.73. The SMILES string of the molecule is CCCC[C@@H](CC(OC)c1ccc(F)cc1)C(=O)NOC1CCCCO1. The Bertz CT molecular complexity index is 531. The van der Waals surface area contributed by atoms with Crippen molar-refractivity contribution in [3.05, 3.63) is 35.6 Å². The van der Waals surface area contributed by atoms with Gasteiger partial charge in [-0.1, -0.05) is 31.9 Å². The molecule has 3 atom stereocenters. The van der Waals surface area contributed by atoms with Crippen LogP contribution in [0.3, 0.4) is 0 Å². The summed E-state index contributed by atoms with van der Waals surface area (Å²) in [5, 5.41) is 0. The molecule has 1 aromatic carbocycles. The lowest BCUT2D eigenvalue weighted by Crippen LogP contribution is -2.37. The number of hydrogen-bond donors (Lipinski definition) is 1. The molecule has 2 rings (SSSR count). The fourth-order valence-electron chi connectivity index (χ4n) is 3.12. The van der Waals surface area contributed by atoms with Crippen LogP contribution in [0.4, 0.5) is 4.39 Å². The normalized spacial score (nSPS) is 19.7. The summed E-state index contributed by atoms with van der Waals surface area (Å²) in [5.41, 5.74) is 3.43. The molecule has 2 unspecified atom stereocenters. The lowest BCUT2D eigenvalue weighted by molar-refractivity contribution is -0.202. The quantitative estimate of drug-likeness (QED) is 0.627. The Balaban J connectivity index is 1.94. The Kier molecular flexibility index (Phi) is 9.01. The van der Waals surface area contributed by atoms with Crippen molar-refractivity contribution < 1.29 is 23.5 Å². The minimum Gasteiger partial charge on any atom is -0.377 e. The molecule has 5 nitrogen and oxygen atoms in total. The van der Waals surface area contributed by atoms with Crippen LogP contribution in [-0.4, -0.2) is 25.9 Å². The highest BCUT2D eigenvalue weighted by atomic mass is 19.1. The first kappa shape index (κ1) is 20.8. The van der Waals surface area contributed by atoms with Crippen LogP contribution in [0.25, 0.3) is 0 Å². The molecule has 1 heterocycles. The second kappa shape index (κ2) is 11.3. The van der Waals surface area contributed by atoms with E-state index in [0.717, 1.165) is 44.1 Å². The maximum atomic E-state index is 13.2. The minimum absolute atomic E-state index is 0.156. The first-order chi connectivity index (χ1) is 12.6. The van der Waals surface area contributed by atoms with Crippen molar-refractivity contribution in [2.45, 2.75) is 64.3 Å². The Hall–Kier alpha value is -1.50. The van der Waals surface area contributed by atoms with Crippen LogP contribution in [0.5, 0.6) is 0 Å². The third kappa shape index (κ3) is 6.67. The number of carbonyl (C=O) groups excluding carboxylic acids is 1. The van der Waals surface area contributed by atoms with Crippen molar-refractivity contribution in [2.24, 2.45) is 5.92 Å². The number of carbonyl (C=O) groups is 1. The zero-order valence-corrected chi connectivity index (χ0v) is 15.7. The van der Waals surface area contributed by atoms with Gasteiger partial charge < -0.3 is 9.47 Å². The van der Waals surface area contributed by atoms with E-state index in [4.69, 9.17) is 14.3 Å². The smallest absolute Gasteiger partial charge is 0.246 e. The predicted octanol–water partition coefficient (Wildman–Crippen LogP) is 4.28. The third-order valence-corrected chi connectivity index (χ3v) is 4.73. The average molecular weight is 367 g/mol. The van der Waals surface area contributed by atoms with E-state index < -0.39 is 0 Å². The van der Waals surface area contributed by atoms with Crippen LogP contribution < -0.4 is 5.48 Å². The number of hydroxylamine groups is 1. The Morgan fingerprint density at radius 1 is 1.35 bits per heavy atom. The molecule has 0 aliphatic carbocycles. The molecular weight excluding hydrogens is 337 g/mol. The summed E-state index contributed by atoms with van der Waals surface area (Å²) in [7, 11) is 1.61. The Morgan fingerprint density at radius 2 is 2.12 bits per heavy atom. The van der Waals surface area contributed by atoms with Crippen LogP contribution in [-0.2, 0) is 19.1 Å². The summed E-state index contributed by atoms with van der Waals surface area (Å²) in [5.74, 6) is -0.685. The zero-order chi connectivity index (χ0) is 18.8. The van der Waals surface area contributed by atoms with Gasteiger partial charge in [-0.25, -0.2) is 14.7 Å². The van der Waals surface area contributed by atoms with Gasteiger partial charge >= 0.3 is 0 Å². The molecule has 146 valence electrons. The molecule has 1 amide bonds. The number of unbranched alkanes of at least 4 members (excludes halogenated alkanes) is 1. The number of halogens is 1. The van der Waals surface area contributed by atoms with Gasteiger partial charge in [0.25, 0.3) is 0 Å². The van der Waals surface area contributed by atoms with Gasteiger partial charge in [0.1, 0.15) is 5.82 Å². The lowest BCUT2D eigenvalue weighted by Gasteiger charge is -2.25. The summed E-state index contributed by atoms with van der Waals surface area (Å²) < 4.78 is 24.2.